The van der Waals surface area contributed by atoms with Crippen molar-refractivity contribution < 1.29 is 4.79 Å². The van der Waals surface area contributed by atoms with Gasteiger partial charge in [-0.3, -0.25) is 4.98 Å². The molecule has 0 spiro atoms. The molecule has 0 aliphatic carbocycles. The van der Waals surface area contributed by atoms with E-state index >= 15 is 0 Å². The van der Waals surface area contributed by atoms with Crippen molar-refractivity contribution in [2.75, 3.05) is 5.32 Å². The Kier molecular flexibility index (Phi) is 3.19. The molecule has 0 bridgehead atoms. The van der Waals surface area contributed by atoms with Gasteiger partial charge in [0.15, 0.2) is 0 Å². The number of carbonyl (C=O) groups is 1. The summed E-state index contributed by atoms with van der Waals surface area (Å²) in [7, 11) is 0. The van der Waals surface area contributed by atoms with E-state index in [0.717, 1.165) is 16.5 Å². The highest BCUT2D eigenvalue weighted by atomic mass is 16.2. The molecule has 0 aliphatic rings. The molecule has 18 heavy (non-hydrogen) atoms. The number of urea groups is 1. The Morgan fingerprint density at radius 3 is 2.72 bits per heavy atom. The molecular formula is C14H17N3O. The van der Waals surface area contributed by atoms with Crippen LogP contribution in [0.15, 0.2) is 36.7 Å². The molecule has 0 saturated carbocycles. The molecule has 0 radical (unpaired) electrons. The SMILES string of the molecule is CC(C)(C)NC(=O)Nc1cccc2ccncc12. The Labute approximate surface area is 106 Å². The van der Waals surface area contributed by atoms with Crippen LogP contribution in [-0.4, -0.2) is 16.6 Å². The van der Waals surface area contributed by atoms with E-state index in [9.17, 15) is 4.79 Å². The second kappa shape index (κ2) is 4.64. The van der Waals surface area contributed by atoms with Gasteiger partial charge in [0.2, 0.25) is 0 Å². The molecule has 4 heteroatoms. The van der Waals surface area contributed by atoms with Crippen molar-refractivity contribution in [2.24, 2.45) is 0 Å². The summed E-state index contributed by atoms with van der Waals surface area (Å²) in [6.45, 7) is 5.83. The number of nitrogens with one attached hydrogen (secondary N) is 2. The molecule has 0 aliphatic heterocycles. The molecule has 94 valence electrons. The zero-order chi connectivity index (χ0) is 13.2. The fourth-order valence-electron chi connectivity index (χ4n) is 1.72. The summed E-state index contributed by atoms with van der Waals surface area (Å²) in [5.74, 6) is 0. The Bertz CT molecular complexity index is 567. The van der Waals surface area contributed by atoms with Gasteiger partial charge in [-0.15, -0.1) is 0 Å². The molecule has 1 aromatic carbocycles. The third kappa shape index (κ3) is 2.97. The number of carbonyl (C=O) groups excluding carboxylic acids is 1. The van der Waals surface area contributed by atoms with E-state index in [0.29, 0.717) is 0 Å². The first-order valence-electron chi connectivity index (χ1n) is 5.88. The van der Waals surface area contributed by atoms with Gasteiger partial charge in [-0.05, 0) is 38.3 Å². The molecule has 2 amide bonds. The summed E-state index contributed by atoms with van der Waals surface area (Å²) in [6, 6.07) is 7.48. The number of nitrogens with zero attached hydrogens (tertiary/aromatic N) is 1. The Hall–Kier alpha value is -2.10. The molecule has 2 aromatic rings. The van der Waals surface area contributed by atoms with Crippen molar-refractivity contribution >= 4 is 22.5 Å². The fraction of sp³-hybridized carbons (Fsp3) is 0.286. The summed E-state index contributed by atoms with van der Waals surface area (Å²) in [6.07, 6.45) is 3.49. The van der Waals surface area contributed by atoms with Gasteiger partial charge in [0, 0.05) is 23.3 Å². The second-order valence-electron chi connectivity index (χ2n) is 5.23. The predicted molar refractivity (Wildman–Crippen MR) is 73.7 cm³/mol. The number of amides is 2. The summed E-state index contributed by atoms with van der Waals surface area (Å²) in [5, 5.41) is 7.70. The van der Waals surface area contributed by atoms with Crippen molar-refractivity contribution in [3.05, 3.63) is 36.7 Å². The predicted octanol–water partition coefficient (Wildman–Crippen LogP) is 3.15. The molecule has 2 N–H and O–H groups in total. The lowest BCUT2D eigenvalue weighted by molar-refractivity contribution is 0.244. The molecule has 0 unspecified atom stereocenters. The van der Waals surface area contributed by atoms with Crippen molar-refractivity contribution in [1.29, 1.82) is 0 Å². The second-order valence-corrected chi connectivity index (χ2v) is 5.23. The number of hydrogen-bond acceptors (Lipinski definition) is 2. The lowest BCUT2D eigenvalue weighted by Gasteiger charge is -2.21. The van der Waals surface area contributed by atoms with Crippen LogP contribution in [0.25, 0.3) is 10.8 Å². The van der Waals surface area contributed by atoms with Gasteiger partial charge in [-0.1, -0.05) is 12.1 Å². The van der Waals surface area contributed by atoms with E-state index in [1.165, 1.54) is 0 Å². The van der Waals surface area contributed by atoms with Crippen LogP contribution in [0, 0.1) is 0 Å². The lowest BCUT2D eigenvalue weighted by atomic mass is 10.1. The van der Waals surface area contributed by atoms with Gasteiger partial charge in [0.25, 0.3) is 0 Å². The van der Waals surface area contributed by atoms with Crippen LogP contribution in [0.3, 0.4) is 0 Å². The Morgan fingerprint density at radius 2 is 2.00 bits per heavy atom. The minimum atomic E-state index is -0.257. The van der Waals surface area contributed by atoms with E-state index in [1.807, 2.05) is 45.0 Å². The van der Waals surface area contributed by atoms with E-state index < -0.39 is 0 Å². The van der Waals surface area contributed by atoms with E-state index in [4.69, 9.17) is 0 Å². The molecule has 1 heterocycles. The Morgan fingerprint density at radius 1 is 1.22 bits per heavy atom. The van der Waals surface area contributed by atoms with Gasteiger partial charge >= 0.3 is 6.03 Å². The van der Waals surface area contributed by atoms with Crippen molar-refractivity contribution in [3.8, 4) is 0 Å². The highest BCUT2D eigenvalue weighted by Crippen LogP contribution is 2.21. The normalized spacial score (nSPS) is 11.3. The summed E-state index contributed by atoms with van der Waals surface area (Å²) < 4.78 is 0. The van der Waals surface area contributed by atoms with Crippen LogP contribution in [0.4, 0.5) is 10.5 Å². The highest BCUT2D eigenvalue weighted by Gasteiger charge is 2.14. The topological polar surface area (TPSA) is 54.0 Å². The molecule has 0 fully saturated rings. The monoisotopic (exact) mass is 243 g/mol. The first-order valence-corrected chi connectivity index (χ1v) is 5.88. The molecule has 0 saturated heterocycles. The summed E-state index contributed by atoms with van der Waals surface area (Å²) in [4.78, 5) is 15.9. The fourth-order valence-corrected chi connectivity index (χ4v) is 1.72. The van der Waals surface area contributed by atoms with Crippen LogP contribution >= 0.6 is 0 Å². The molecular weight excluding hydrogens is 226 g/mol. The maximum absolute atomic E-state index is 11.8. The van der Waals surface area contributed by atoms with Crippen molar-refractivity contribution in [2.45, 2.75) is 26.3 Å². The third-order valence-electron chi connectivity index (χ3n) is 2.42. The first kappa shape index (κ1) is 12.4. The first-order chi connectivity index (χ1) is 8.46. The Balaban J connectivity index is 2.24. The standard InChI is InChI=1S/C14H17N3O/c1-14(2,3)17-13(18)16-12-6-4-5-10-7-8-15-9-11(10)12/h4-9H,1-3H3,(H2,16,17,18). The van der Waals surface area contributed by atoms with Crippen molar-refractivity contribution in [1.82, 2.24) is 10.3 Å². The number of aromatic nitrogens is 1. The lowest BCUT2D eigenvalue weighted by Crippen LogP contribution is -2.43. The molecule has 4 nitrogen and oxygen atoms in total. The van der Waals surface area contributed by atoms with E-state index in [1.54, 1.807) is 12.4 Å². The molecule has 2 rings (SSSR count). The van der Waals surface area contributed by atoms with Crippen LogP contribution < -0.4 is 10.6 Å². The van der Waals surface area contributed by atoms with Crippen LogP contribution in [0.5, 0.6) is 0 Å². The largest absolute Gasteiger partial charge is 0.333 e. The number of rotatable bonds is 1. The maximum Gasteiger partial charge on any atom is 0.319 e. The highest BCUT2D eigenvalue weighted by molar-refractivity contribution is 6.01. The van der Waals surface area contributed by atoms with Gasteiger partial charge in [0.1, 0.15) is 0 Å². The van der Waals surface area contributed by atoms with Crippen LogP contribution in [0.1, 0.15) is 20.8 Å². The number of anilines is 1. The smallest absolute Gasteiger partial charge is 0.319 e. The van der Waals surface area contributed by atoms with Gasteiger partial charge < -0.3 is 10.6 Å². The van der Waals surface area contributed by atoms with Gasteiger partial charge in [-0.25, -0.2) is 4.79 Å². The zero-order valence-electron chi connectivity index (χ0n) is 10.8. The van der Waals surface area contributed by atoms with Crippen LogP contribution in [-0.2, 0) is 0 Å². The quantitative estimate of drug-likeness (QED) is 0.808. The number of fused-ring (bicyclic) bond motifs is 1. The number of hydrogen-bond donors (Lipinski definition) is 2. The average Bonchev–Trinajstić information content (AvgIpc) is 2.27. The number of benzene rings is 1. The average molecular weight is 243 g/mol. The zero-order valence-corrected chi connectivity index (χ0v) is 10.8. The van der Waals surface area contributed by atoms with Crippen LogP contribution in [0.2, 0.25) is 0 Å². The van der Waals surface area contributed by atoms with E-state index in [-0.39, 0.29) is 11.6 Å². The molecule has 0 atom stereocenters. The maximum atomic E-state index is 11.8. The minimum absolute atomic E-state index is 0.209. The van der Waals surface area contributed by atoms with E-state index in [2.05, 4.69) is 15.6 Å². The summed E-state index contributed by atoms with van der Waals surface area (Å²) in [5.41, 5.74) is 0.509. The third-order valence-corrected chi connectivity index (χ3v) is 2.42. The number of pyridine rings is 1. The van der Waals surface area contributed by atoms with Crippen molar-refractivity contribution in [3.63, 3.8) is 0 Å². The minimum Gasteiger partial charge on any atom is -0.333 e. The van der Waals surface area contributed by atoms with Gasteiger partial charge in [0.05, 0.1) is 5.69 Å². The molecule has 1 aromatic heterocycles. The van der Waals surface area contributed by atoms with Gasteiger partial charge in [-0.2, -0.15) is 0 Å². The summed E-state index contributed by atoms with van der Waals surface area (Å²) >= 11 is 0.